The van der Waals surface area contributed by atoms with Crippen molar-refractivity contribution in [3.63, 3.8) is 0 Å². The normalized spacial score (nSPS) is 17.8. The third-order valence-electron chi connectivity index (χ3n) is 1.36. The van der Waals surface area contributed by atoms with Crippen molar-refractivity contribution in [3.8, 4) is 0 Å². The molecule has 0 aromatic carbocycles. The molecule has 0 spiro atoms. The van der Waals surface area contributed by atoms with Gasteiger partial charge in [-0.2, -0.15) is 0 Å². The van der Waals surface area contributed by atoms with Crippen molar-refractivity contribution in [2.75, 3.05) is 0 Å². The Hall–Kier alpha value is -0.910. The molecule has 0 heterocycles. The van der Waals surface area contributed by atoms with E-state index in [2.05, 4.69) is 0 Å². The molecule has 12 heavy (non-hydrogen) atoms. The summed E-state index contributed by atoms with van der Waals surface area (Å²) in [4.78, 5) is 20.3. The van der Waals surface area contributed by atoms with Gasteiger partial charge in [-0.3, -0.25) is 4.21 Å². The molecule has 0 saturated heterocycles. The van der Waals surface area contributed by atoms with Gasteiger partial charge >= 0.3 is 0 Å². The van der Waals surface area contributed by atoms with Gasteiger partial charge < -0.3 is 19.8 Å². The maximum atomic E-state index is 11.0. The molecule has 0 N–H and O–H groups in total. The van der Waals surface area contributed by atoms with Crippen LogP contribution in [-0.2, 0) is 20.4 Å². The Labute approximate surface area is 71.8 Å². The lowest BCUT2D eigenvalue weighted by atomic mass is 10.5. The van der Waals surface area contributed by atoms with Gasteiger partial charge in [0.25, 0.3) is 0 Å². The largest absolute Gasteiger partial charge is 0.549 e. The fraction of sp³-hybridized carbons (Fsp3) is 0.667. The van der Waals surface area contributed by atoms with Gasteiger partial charge in [-0.1, -0.05) is 0 Å². The van der Waals surface area contributed by atoms with Crippen LogP contribution in [-0.4, -0.2) is 26.6 Å². The van der Waals surface area contributed by atoms with Crippen molar-refractivity contribution in [3.05, 3.63) is 0 Å². The number of aliphatic carboxylic acids is 2. The van der Waals surface area contributed by atoms with Gasteiger partial charge in [-0.15, -0.1) is 0 Å². The Kier molecular flexibility index (Phi) is 3.88. The average molecular weight is 192 g/mol. The van der Waals surface area contributed by atoms with Gasteiger partial charge in [-0.25, -0.2) is 0 Å². The average Bonchev–Trinajstić information content (AvgIpc) is 2.00. The second-order valence-corrected chi connectivity index (χ2v) is 4.32. The van der Waals surface area contributed by atoms with Crippen molar-refractivity contribution in [1.29, 1.82) is 0 Å². The van der Waals surface area contributed by atoms with E-state index >= 15 is 0 Å². The molecule has 0 aliphatic carbocycles. The van der Waals surface area contributed by atoms with Crippen LogP contribution in [0.2, 0.25) is 0 Å². The summed E-state index contributed by atoms with van der Waals surface area (Å²) in [6, 6.07) is 0. The third-order valence-corrected chi connectivity index (χ3v) is 3.14. The molecule has 0 saturated carbocycles. The highest BCUT2D eigenvalue weighted by Crippen LogP contribution is 2.02. The van der Waals surface area contributed by atoms with E-state index in [0.717, 1.165) is 13.8 Å². The molecule has 0 amide bonds. The highest BCUT2D eigenvalue weighted by atomic mass is 32.2. The summed E-state index contributed by atoms with van der Waals surface area (Å²) in [5.74, 6) is -3.05. The molecular weight excluding hydrogens is 184 g/mol. The summed E-state index contributed by atoms with van der Waals surface area (Å²) >= 11 is 0. The minimum atomic E-state index is -1.99. The predicted octanol–water partition coefficient (Wildman–Crippen LogP) is -2.99. The van der Waals surface area contributed by atoms with E-state index in [1.807, 2.05) is 0 Å². The first kappa shape index (κ1) is 11.1. The van der Waals surface area contributed by atoms with Gasteiger partial charge in [0.05, 0.1) is 22.4 Å². The lowest BCUT2D eigenvalue weighted by Gasteiger charge is -2.18. The number of carbonyl (C=O) groups is 2. The van der Waals surface area contributed by atoms with Crippen molar-refractivity contribution in [2.45, 2.75) is 24.3 Å². The summed E-state index contributed by atoms with van der Waals surface area (Å²) in [6.07, 6.45) is 0. The van der Waals surface area contributed by atoms with Gasteiger partial charge in [0, 0.05) is 10.8 Å². The topological polar surface area (TPSA) is 97.3 Å². The zero-order valence-corrected chi connectivity index (χ0v) is 7.42. The van der Waals surface area contributed by atoms with Crippen LogP contribution in [0.15, 0.2) is 0 Å². The van der Waals surface area contributed by atoms with Crippen LogP contribution in [0.25, 0.3) is 0 Å². The Morgan fingerprint density at radius 2 is 1.33 bits per heavy atom. The minimum Gasteiger partial charge on any atom is -0.549 e. The second kappa shape index (κ2) is 4.20. The molecule has 6 heteroatoms. The molecule has 0 aromatic heterocycles. The quantitative estimate of drug-likeness (QED) is 0.473. The second-order valence-electron chi connectivity index (χ2n) is 2.25. The fourth-order valence-corrected chi connectivity index (χ4v) is 1.49. The van der Waals surface area contributed by atoms with E-state index in [1.165, 1.54) is 0 Å². The zero-order chi connectivity index (χ0) is 9.89. The van der Waals surface area contributed by atoms with Crippen LogP contribution < -0.4 is 10.2 Å². The number of carboxylic acid groups (broad SMARTS) is 2. The maximum absolute atomic E-state index is 11.0. The van der Waals surface area contributed by atoms with Crippen molar-refractivity contribution >= 4 is 22.7 Å². The van der Waals surface area contributed by atoms with E-state index in [-0.39, 0.29) is 0 Å². The molecule has 0 aromatic rings. The fourth-order valence-electron chi connectivity index (χ4n) is 0.496. The molecule has 0 fully saturated rings. The summed E-state index contributed by atoms with van der Waals surface area (Å²) in [5, 5.41) is 17.7. The zero-order valence-electron chi connectivity index (χ0n) is 6.60. The van der Waals surface area contributed by atoms with Crippen LogP contribution in [0.3, 0.4) is 0 Å². The molecular formula is C6H8O5S-2. The first-order valence-corrected chi connectivity index (χ1v) is 4.46. The Balaban J connectivity index is 4.39. The Bertz CT molecular complexity index is 202. The maximum Gasteiger partial charge on any atom is 0.0721 e. The SMILES string of the molecule is CC(C(=O)[O-])S(=O)C(C)C(=O)[O-]. The van der Waals surface area contributed by atoms with Crippen molar-refractivity contribution in [1.82, 2.24) is 0 Å². The van der Waals surface area contributed by atoms with E-state index in [4.69, 9.17) is 0 Å². The third kappa shape index (κ3) is 2.61. The van der Waals surface area contributed by atoms with Crippen LogP contribution in [0.5, 0.6) is 0 Å². The van der Waals surface area contributed by atoms with Gasteiger partial charge in [0.15, 0.2) is 0 Å². The van der Waals surface area contributed by atoms with Crippen LogP contribution in [0.4, 0.5) is 0 Å². The highest BCUT2D eigenvalue weighted by Gasteiger charge is 2.19. The van der Waals surface area contributed by atoms with Crippen LogP contribution >= 0.6 is 0 Å². The van der Waals surface area contributed by atoms with Crippen molar-refractivity contribution < 1.29 is 24.0 Å². The summed E-state index contributed by atoms with van der Waals surface area (Å²) < 4.78 is 11.0. The van der Waals surface area contributed by atoms with Gasteiger partial charge in [-0.05, 0) is 13.8 Å². The molecule has 0 aliphatic heterocycles. The standard InChI is InChI=1S/C6H10O5S/c1-3(5(7)8)12(11)4(2)6(9)10/h3-4H,1-2H3,(H,7,8)(H,9,10)/p-2. The number of carboxylic acids is 2. The van der Waals surface area contributed by atoms with Gasteiger partial charge in [0.2, 0.25) is 0 Å². The smallest absolute Gasteiger partial charge is 0.0721 e. The van der Waals surface area contributed by atoms with Crippen LogP contribution in [0.1, 0.15) is 13.8 Å². The Morgan fingerprint density at radius 1 is 1.08 bits per heavy atom. The lowest BCUT2D eigenvalue weighted by molar-refractivity contribution is -0.304. The van der Waals surface area contributed by atoms with Crippen LogP contribution in [0, 0.1) is 0 Å². The first-order chi connectivity index (χ1) is 5.37. The predicted molar refractivity (Wildman–Crippen MR) is 37.1 cm³/mol. The Morgan fingerprint density at radius 3 is 1.50 bits per heavy atom. The lowest BCUT2D eigenvalue weighted by Crippen LogP contribution is -2.44. The molecule has 2 unspecified atom stereocenters. The summed E-state index contributed by atoms with van der Waals surface area (Å²) in [5.41, 5.74) is 0. The first-order valence-electron chi connectivity index (χ1n) is 3.19. The van der Waals surface area contributed by atoms with E-state index in [9.17, 15) is 24.0 Å². The van der Waals surface area contributed by atoms with E-state index in [0.29, 0.717) is 0 Å². The van der Waals surface area contributed by atoms with Crippen molar-refractivity contribution in [2.24, 2.45) is 0 Å². The molecule has 70 valence electrons. The number of carbonyl (C=O) groups excluding carboxylic acids is 2. The number of hydrogen-bond donors (Lipinski definition) is 0. The van der Waals surface area contributed by atoms with E-state index < -0.39 is 33.2 Å². The molecule has 2 atom stereocenters. The summed E-state index contributed by atoms with van der Waals surface area (Å²) in [7, 11) is -1.99. The van der Waals surface area contributed by atoms with Gasteiger partial charge in [0.1, 0.15) is 0 Å². The minimum absolute atomic E-state index is 1.13. The molecule has 0 bridgehead atoms. The summed E-state index contributed by atoms with van der Waals surface area (Å²) in [6.45, 7) is 2.26. The molecule has 0 rings (SSSR count). The van der Waals surface area contributed by atoms with E-state index in [1.54, 1.807) is 0 Å². The molecule has 5 nitrogen and oxygen atoms in total. The highest BCUT2D eigenvalue weighted by molar-refractivity contribution is 7.87. The monoisotopic (exact) mass is 192 g/mol. The number of hydrogen-bond acceptors (Lipinski definition) is 5. The molecule has 0 aliphatic rings. The molecule has 0 radical (unpaired) electrons. The number of rotatable bonds is 4.